The standard InChI is InChI=1S/C16H15F3O5/c1-3-9(2)24-15(23)13(20)11(14(21)22)8-10-6-4-5-7-12(10)16(17,18)19/h4-9H,3H2,1-2H3,(H,21,22). The molecule has 24 heavy (non-hydrogen) atoms. The number of carbonyl (C=O) groups is 3. The lowest BCUT2D eigenvalue weighted by atomic mass is 10.0. The lowest BCUT2D eigenvalue weighted by molar-refractivity contribution is -0.156. The van der Waals surface area contributed by atoms with Gasteiger partial charge in [0.15, 0.2) is 0 Å². The first-order valence-corrected chi connectivity index (χ1v) is 6.94. The maximum atomic E-state index is 12.9. The van der Waals surface area contributed by atoms with Crippen molar-refractivity contribution < 1.29 is 37.4 Å². The lowest BCUT2D eigenvalue weighted by Crippen LogP contribution is -2.26. The van der Waals surface area contributed by atoms with Gasteiger partial charge in [0.05, 0.1) is 11.7 Å². The summed E-state index contributed by atoms with van der Waals surface area (Å²) in [7, 11) is 0. The second kappa shape index (κ2) is 7.76. The number of halogens is 3. The molecule has 1 N–H and O–H groups in total. The maximum Gasteiger partial charge on any atom is 0.416 e. The molecule has 130 valence electrons. The van der Waals surface area contributed by atoms with E-state index in [4.69, 9.17) is 9.84 Å². The van der Waals surface area contributed by atoms with Crippen molar-refractivity contribution in [1.29, 1.82) is 0 Å². The van der Waals surface area contributed by atoms with Crippen LogP contribution in [-0.2, 0) is 25.3 Å². The summed E-state index contributed by atoms with van der Waals surface area (Å²) in [6.07, 6.45) is -4.45. The molecular formula is C16H15F3O5. The number of alkyl halides is 3. The molecule has 8 heteroatoms. The summed E-state index contributed by atoms with van der Waals surface area (Å²) < 4.78 is 43.5. The van der Waals surface area contributed by atoms with Gasteiger partial charge in [-0.2, -0.15) is 13.2 Å². The Kier molecular flexibility index (Phi) is 6.27. The quantitative estimate of drug-likeness (QED) is 0.282. The van der Waals surface area contributed by atoms with E-state index in [9.17, 15) is 27.6 Å². The lowest BCUT2D eigenvalue weighted by Gasteiger charge is -2.12. The molecule has 1 aromatic carbocycles. The van der Waals surface area contributed by atoms with Gasteiger partial charge in [0, 0.05) is 0 Å². The number of carbonyl (C=O) groups excluding carboxylic acids is 2. The Bertz CT molecular complexity index is 677. The van der Waals surface area contributed by atoms with E-state index in [1.807, 2.05) is 0 Å². The first-order chi connectivity index (χ1) is 11.1. The molecule has 0 radical (unpaired) electrons. The van der Waals surface area contributed by atoms with Crippen LogP contribution < -0.4 is 0 Å². The number of hydrogen-bond acceptors (Lipinski definition) is 4. The minimum atomic E-state index is -4.74. The van der Waals surface area contributed by atoms with Crippen molar-refractivity contribution in [3.05, 3.63) is 41.0 Å². The van der Waals surface area contributed by atoms with E-state index in [0.717, 1.165) is 18.2 Å². The van der Waals surface area contributed by atoms with Crippen LogP contribution in [0, 0.1) is 0 Å². The molecule has 0 heterocycles. The van der Waals surface area contributed by atoms with Crippen molar-refractivity contribution in [1.82, 2.24) is 0 Å². The van der Waals surface area contributed by atoms with Gasteiger partial charge in [-0.15, -0.1) is 0 Å². The predicted molar refractivity (Wildman–Crippen MR) is 77.9 cm³/mol. The molecule has 0 fully saturated rings. The molecule has 0 spiro atoms. The zero-order chi connectivity index (χ0) is 18.5. The number of hydrogen-bond donors (Lipinski definition) is 1. The molecule has 0 bridgehead atoms. The molecule has 0 aliphatic rings. The van der Waals surface area contributed by atoms with Crippen molar-refractivity contribution in [2.24, 2.45) is 0 Å². The van der Waals surface area contributed by atoms with Crippen LogP contribution in [0.25, 0.3) is 6.08 Å². The number of benzene rings is 1. The van der Waals surface area contributed by atoms with Crippen LogP contribution in [0.3, 0.4) is 0 Å². The summed E-state index contributed by atoms with van der Waals surface area (Å²) in [5, 5.41) is 9.06. The number of ether oxygens (including phenoxy) is 1. The SMILES string of the molecule is CCC(C)OC(=O)C(=O)C(=Cc1ccccc1C(F)(F)F)C(=O)O. The van der Waals surface area contributed by atoms with Gasteiger partial charge in [0.2, 0.25) is 0 Å². The largest absolute Gasteiger partial charge is 0.478 e. The molecule has 5 nitrogen and oxygen atoms in total. The van der Waals surface area contributed by atoms with E-state index in [1.165, 1.54) is 13.0 Å². The number of Topliss-reactive ketones (excluding diaryl/α,β-unsaturated/α-hetero) is 1. The smallest absolute Gasteiger partial charge is 0.416 e. The molecule has 1 rings (SSSR count). The van der Waals surface area contributed by atoms with Crippen LogP contribution in [0.15, 0.2) is 29.8 Å². The normalized spacial score (nSPS) is 13.3. The van der Waals surface area contributed by atoms with E-state index in [-0.39, 0.29) is 0 Å². The Hall–Kier alpha value is -2.64. The second-order valence-corrected chi connectivity index (χ2v) is 4.90. The van der Waals surface area contributed by atoms with Crippen LogP contribution in [0.1, 0.15) is 31.4 Å². The second-order valence-electron chi connectivity index (χ2n) is 4.90. The number of ketones is 1. The molecule has 0 aliphatic heterocycles. The van der Waals surface area contributed by atoms with E-state index < -0.39 is 46.7 Å². The van der Waals surface area contributed by atoms with Crippen LogP contribution in [0.2, 0.25) is 0 Å². The van der Waals surface area contributed by atoms with Gasteiger partial charge in [0.1, 0.15) is 5.57 Å². The van der Waals surface area contributed by atoms with Crippen molar-refractivity contribution >= 4 is 23.8 Å². The van der Waals surface area contributed by atoms with Gasteiger partial charge in [-0.3, -0.25) is 4.79 Å². The van der Waals surface area contributed by atoms with Crippen LogP contribution in [-0.4, -0.2) is 28.9 Å². The highest BCUT2D eigenvalue weighted by Crippen LogP contribution is 2.32. The molecule has 0 aromatic heterocycles. The van der Waals surface area contributed by atoms with E-state index >= 15 is 0 Å². The first kappa shape index (κ1) is 19.4. The molecule has 0 amide bonds. The Morgan fingerprint density at radius 1 is 1.25 bits per heavy atom. The highest BCUT2D eigenvalue weighted by atomic mass is 19.4. The summed E-state index contributed by atoms with van der Waals surface area (Å²) in [5.41, 5.74) is -2.75. The number of aliphatic carboxylic acids is 1. The van der Waals surface area contributed by atoms with E-state index in [1.54, 1.807) is 6.92 Å². The van der Waals surface area contributed by atoms with Gasteiger partial charge in [-0.1, -0.05) is 25.1 Å². The monoisotopic (exact) mass is 344 g/mol. The molecular weight excluding hydrogens is 329 g/mol. The van der Waals surface area contributed by atoms with Crippen molar-refractivity contribution in [2.75, 3.05) is 0 Å². The third-order valence-electron chi connectivity index (χ3n) is 3.11. The molecule has 0 aliphatic carbocycles. The summed E-state index contributed by atoms with van der Waals surface area (Å²) in [6.45, 7) is 3.17. The summed E-state index contributed by atoms with van der Waals surface area (Å²) in [6, 6.07) is 4.12. The number of carboxylic acids is 1. The first-order valence-electron chi connectivity index (χ1n) is 6.94. The number of esters is 1. The Balaban J connectivity index is 3.28. The van der Waals surface area contributed by atoms with Gasteiger partial charge in [0.25, 0.3) is 5.78 Å². The highest BCUT2D eigenvalue weighted by Gasteiger charge is 2.34. The fraction of sp³-hybridized carbons (Fsp3) is 0.312. The highest BCUT2D eigenvalue weighted by molar-refractivity contribution is 6.47. The molecule has 0 saturated heterocycles. The molecule has 1 unspecified atom stereocenters. The van der Waals surface area contributed by atoms with Gasteiger partial charge in [-0.05, 0) is 31.1 Å². The van der Waals surface area contributed by atoms with Crippen LogP contribution in [0.4, 0.5) is 13.2 Å². The van der Waals surface area contributed by atoms with E-state index in [2.05, 4.69) is 0 Å². The fourth-order valence-electron chi connectivity index (χ4n) is 1.69. The Morgan fingerprint density at radius 2 is 1.83 bits per heavy atom. The van der Waals surface area contributed by atoms with Crippen molar-refractivity contribution in [3.8, 4) is 0 Å². The fourth-order valence-corrected chi connectivity index (χ4v) is 1.69. The number of rotatable bonds is 6. The Morgan fingerprint density at radius 3 is 2.33 bits per heavy atom. The third kappa shape index (κ3) is 4.94. The van der Waals surface area contributed by atoms with Crippen LogP contribution >= 0.6 is 0 Å². The molecule has 0 saturated carbocycles. The van der Waals surface area contributed by atoms with Crippen LogP contribution in [0.5, 0.6) is 0 Å². The maximum absolute atomic E-state index is 12.9. The van der Waals surface area contributed by atoms with E-state index in [0.29, 0.717) is 12.5 Å². The van der Waals surface area contributed by atoms with Gasteiger partial charge >= 0.3 is 18.1 Å². The topological polar surface area (TPSA) is 80.7 Å². The minimum Gasteiger partial charge on any atom is -0.478 e. The zero-order valence-electron chi connectivity index (χ0n) is 12.9. The summed E-state index contributed by atoms with van der Waals surface area (Å²) in [4.78, 5) is 34.7. The minimum absolute atomic E-state index is 0.391. The average molecular weight is 344 g/mol. The summed E-state index contributed by atoms with van der Waals surface area (Å²) in [5.74, 6) is -4.76. The number of carboxylic acid groups (broad SMARTS) is 1. The van der Waals surface area contributed by atoms with Crippen molar-refractivity contribution in [3.63, 3.8) is 0 Å². The Labute approximate surface area is 135 Å². The summed E-state index contributed by atoms with van der Waals surface area (Å²) >= 11 is 0. The molecule has 1 aromatic rings. The third-order valence-corrected chi connectivity index (χ3v) is 3.11. The molecule has 1 atom stereocenters. The predicted octanol–water partition coefficient (Wildman–Crippen LogP) is 3.08. The zero-order valence-corrected chi connectivity index (χ0v) is 12.9. The van der Waals surface area contributed by atoms with Crippen molar-refractivity contribution in [2.45, 2.75) is 32.5 Å². The van der Waals surface area contributed by atoms with Gasteiger partial charge in [-0.25, -0.2) is 9.59 Å². The average Bonchev–Trinajstić information content (AvgIpc) is 2.50. The van der Waals surface area contributed by atoms with Gasteiger partial charge < -0.3 is 9.84 Å².